The second-order valence-electron chi connectivity index (χ2n) is 6.67. The van der Waals surface area contributed by atoms with Crippen LogP contribution in [0.25, 0.3) is 0 Å². The fraction of sp³-hybridized carbons (Fsp3) is 0.444. The van der Waals surface area contributed by atoms with Gasteiger partial charge in [-0.2, -0.15) is 5.10 Å². The number of Topliss-reactive ketones (excluding diaryl/α,β-unsaturated/α-hetero) is 1. The summed E-state index contributed by atoms with van der Waals surface area (Å²) >= 11 is 0. The molecule has 2 saturated heterocycles. The average molecular weight is 374 g/mol. The molecule has 3 atom stereocenters. The van der Waals surface area contributed by atoms with Gasteiger partial charge in [0.2, 0.25) is 0 Å². The first-order valence-corrected chi connectivity index (χ1v) is 8.80. The van der Waals surface area contributed by atoms with Crippen molar-refractivity contribution in [3.63, 3.8) is 0 Å². The smallest absolute Gasteiger partial charge is 0.272 e. The first-order chi connectivity index (χ1) is 13.0. The summed E-state index contributed by atoms with van der Waals surface area (Å²) in [6.07, 6.45) is 2.13. The molecule has 9 heteroatoms. The van der Waals surface area contributed by atoms with Crippen molar-refractivity contribution in [3.8, 4) is 5.88 Å². The zero-order chi connectivity index (χ0) is 19.0. The van der Waals surface area contributed by atoms with Crippen molar-refractivity contribution in [3.05, 3.63) is 41.6 Å². The third kappa shape index (κ3) is 3.30. The predicted molar refractivity (Wildman–Crippen MR) is 91.0 cm³/mol. The zero-order valence-corrected chi connectivity index (χ0v) is 14.7. The number of H-pyrrole nitrogens is 1. The van der Waals surface area contributed by atoms with Crippen LogP contribution in [0, 0.1) is 5.82 Å². The number of ether oxygens (including phenoxy) is 2. The number of amides is 1. The fourth-order valence-corrected chi connectivity index (χ4v) is 3.61. The molecule has 4 rings (SSSR count). The lowest BCUT2D eigenvalue weighted by atomic mass is 10.0. The normalized spacial score (nSPS) is 24.5. The van der Waals surface area contributed by atoms with Crippen LogP contribution in [0.3, 0.4) is 0 Å². The van der Waals surface area contributed by atoms with Gasteiger partial charge in [0.05, 0.1) is 12.6 Å². The molecule has 142 valence electrons. The standard InChI is InChI=1S/C18H19FN4O4/c1-10(24)12-8-13(22-21-12)18(25)23-9-15(16-14(23)5-3-7-26-16)27-17-11(19)4-2-6-20-17/h2,4,6,8,14-16H,3,5,7,9H2,1H3,(H,21,22)/t14-,15+,16+/m1/s1. The maximum atomic E-state index is 13.9. The molecule has 2 aromatic rings. The van der Waals surface area contributed by atoms with Crippen molar-refractivity contribution in [1.29, 1.82) is 0 Å². The lowest BCUT2D eigenvalue weighted by molar-refractivity contribution is -0.0462. The van der Waals surface area contributed by atoms with Crippen molar-refractivity contribution in [2.24, 2.45) is 0 Å². The third-order valence-corrected chi connectivity index (χ3v) is 4.89. The Hall–Kier alpha value is -2.81. The molecule has 2 aromatic heterocycles. The largest absolute Gasteiger partial charge is 0.468 e. The number of aromatic amines is 1. The number of rotatable bonds is 4. The van der Waals surface area contributed by atoms with Gasteiger partial charge in [-0.1, -0.05) is 0 Å². The van der Waals surface area contributed by atoms with Crippen LogP contribution in [0.2, 0.25) is 0 Å². The molecular formula is C18H19FN4O4. The molecular weight excluding hydrogens is 355 g/mol. The van der Waals surface area contributed by atoms with Gasteiger partial charge in [0, 0.05) is 19.7 Å². The molecule has 2 aliphatic heterocycles. The number of hydrogen-bond acceptors (Lipinski definition) is 6. The summed E-state index contributed by atoms with van der Waals surface area (Å²) in [5.74, 6) is -1.18. The highest BCUT2D eigenvalue weighted by Crippen LogP contribution is 2.32. The van der Waals surface area contributed by atoms with E-state index >= 15 is 0 Å². The monoisotopic (exact) mass is 374 g/mol. The van der Waals surface area contributed by atoms with Gasteiger partial charge in [-0.25, -0.2) is 9.37 Å². The zero-order valence-electron chi connectivity index (χ0n) is 14.7. The van der Waals surface area contributed by atoms with Crippen LogP contribution >= 0.6 is 0 Å². The van der Waals surface area contributed by atoms with Crippen LogP contribution in [-0.4, -0.2) is 63.2 Å². The van der Waals surface area contributed by atoms with Crippen LogP contribution in [-0.2, 0) is 4.74 Å². The third-order valence-electron chi connectivity index (χ3n) is 4.89. The number of carbonyl (C=O) groups is 2. The summed E-state index contributed by atoms with van der Waals surface area (Å²) in [6, 6.07) is 4.01. The Bertz CT molecular complexity index is 871. The summed E-state index contributed by atoms with van der Waals surface area (Å²) in [5, 5.41) is 6.48. The van der Waals surface area contributed by atoms with Crippen LogP contribution in [0.15, 0.2) is 24.4 Å². The Labute approximate surface area is 154 Å². The van der Waals surface area contributed by atoms with Gasteiger partial charge in [-0.3, -0.25) is 14.7 Å². The van der Waals surface area contributed by atoms with Gasteiger partial charge in [-0.15, -0.1) is 0 Å². The minimum Gasteiger partial charge on any atom is -0.468 e. The first-order valence-electron chi connectivity index (χ1n) is 8.80. The molecule has 4 heterocycles. The second kappa shape index (κ2) is 7.07. The van der Waals surface area contributed by atoms with E-state index in [1.165, 1.54) is 31.3 Å². The number of nitrogens with zero attached hydrogens (tertiary/aromatic N) is 3. The van der Waals surface area contributed by atoms with Crippen molar-refractivity contribution >= 4 is 11.7 Å². The Morgan fingerprint density at radius 3 is 3.04 bits per heavy atom. The predicted octanol–water partition coefficient (Wildman–Crippen LogP) is 1.60. The van der Waals surface area contributed by atoms with Gasteiger partial charge in [0.15, 0.2) is 11.6 Å². The van der Waals surface area contributed by atoms with Gasteiger partial charge in [-0.05, 0) is 31.0 Å². The number of aromatic nitrogens is 3. The van der Waals surface area contributed by atoms with Gasteiger partial charge in [0.25, 0.3) is 11.8 Å². The molecule has 27 heavy (non-hydrogen) atoms. The lowest BCUT2D eigenvalue weighted by Gasteiger charge is -2.31. The molecule has 0 radical (unpaired) electrons. The van der Waals surface area contributed by atoms with E-state index in [0.717, 1.165) is 12.8 Å². The number of fused-ring (bicyclic) bond motifs is 1. The second-order valence-corrected chi connectivity index (χ2v) is 6.67. The lowest BCUT2D eigenvalue weighted by Crippen LogP contribution is -2.44. The molecule has 8 nitrogen and oxygen atoms in total. The van der Waals surface area contributed by atoms with Crippen molar-refractivity contribution < 1.29 is 23.5 Å². The Balaban J connectivity index is 1.56. The summed E-state index contributed by atoms with van der Waals surface area (Å²) < 4.78 is 25.5. The van der Waals surface area contributed by atoms with Crippen molar-refractivity contribution in [1.82, 2.24) is 20.1 Å². The van der Waals surface area contributed by atoms with Crippen molar-refractivity contribution in [2.75, 3.05) is 13.2 Å². The average Bonchev–Trinajstić information content (AvgIpc) is 3.29. The highest BCUT2D eigenvalue weighted by molar-refractivity contribution is 5.97. The minimum atomic E-state index is -0.561. The molecule has 0 spiro atoms. The summed E-state index contributed by atoms with van der Waals surface area (Å²) in [7, 11) is 0. The maximum absolute atomic E-state index is 13.9. The molecule has 0 saturated carbocycles. The number of pyridine rings is 1. The van der Waals surface area contributed by atoms with E-state index in [-0.39, 0.29) is 47.6 Å². The summed E-state index contributed by atoms with van der Waals surface area (Å²) in [4.78, 5) is 29.9. The van der Waals surface area contributed by atoms with E-state index < -0.39 is 11.9 Å². The van der Waals surface area contributed by atoms with Crippen LogP contribution in [0.4, 0.5) is 4.39 Å². The molecule has 1 amide bonds. The number of carbonyl (C=O) groups excluding carboxylic acids is 2. The molecule has 0 aliphatic carbocycles. The highest BCUT2D eigenvalue weighted by Gasteiger charge is 2.48. The Morgan fingerprint density at radius 2 is 2.30 bits per heavy atom. The molecule has 2 aliphatic rings. The van der Waals surface area contributed by atoms with Gasteiger partial charge >= 0.3 is 0 Å². The summed E-state index contributed by atoms with van der Waals surface area (Å²) in [5.41, 5.74) is 0.437. The van der Waals surface area contributed by atoms with Crippen molar-refractivity contribution in [2.45, 2.75) is 38.0 Å². The number of likely N-dealkylation sites (tertiary alicyclic amines) is 1. The molecule has 2 fully saturated rings. The van der Waals surface area contributed by atoms with E-state index in [0.29, 0.717) is 6.61 Å². The van der Waals surface area contributed by atoms with Crippen LogP contribution in [0.5, 0.6) is 5.88 Å². The number of ketones is 1. The Kier molecular flexibility index (Phi) is 4.61. The molecule has 0 bridgehead atoms. The van der Waals surface area contributed by atoms with Gasteiger partial charge in [0.1, 0.15) is 23.6 Å². The van der Waals surface area contributed by atoms with E-state index in [1.54, 1.807) is 4.90 Å². The fourth-order valence-electron chi connectivity index (χ4n) is 3.61. The minimum absolute atomic E-state index is 0.106. The van der Waals surface area contributed by atoms with E-state index in [4.69, 9.17) is 9.47 Å². The summed E-state index contributed by atoms with van der Waals surface area (Å²) in [6.45, 7) is 2.18. The number of halogens is 1. The van der Waals surface area contributed by atoms with Crippen LogP contribution < -0.4 is 4.74 Å². The number of nitrogens with one attached hydrogen (secondary N) is 1. The quantitative estimate of drug-likeness (QED) is 0.817. The van der Waals surface area contributed by atoms with E-state index in [2.05, 4.69) is 15.2 Å². The Morgan fingerprint density at radius 1 is 1.44 bits per heavy atom. The molecule has 1 N–H and O–H groups in total. The van der Waals surface area contributed by atoms with E-state index in [9.17, 15) is 14.0 Å². The topological polar surface area (TPSA) is 97.4 Å². The first kappa shape index (κ1) is 17.6. The van der Waals surface area contributed by atoms with Gasteiger partial charge < -0.3 is 14.4 Å². The van der Waals surface area contributed by atoms with E-state index in [1.807, 2.05) is 0 Å². The molecule has 0 unspecified atom stereocenters. The number of hydrogen-bond donors (Lipinski definition) is 1. The highest BCUT2D eigenvalue weighted by atomic mass is 19.1. The van der Waals surface area contributed by atoms with Crippen LogP contribution in [0.1, 0.15) is 40.7 Å². The molecule has 0 aromatic carbocycles. The SMILES string of the molecule is CC(=O)c1cc(C(=O)N2C[C@H](Oc3ncccc3F)[C@H]3OCCC[C@H]32)[nH]n1. The maximum Gasteiger partial charge on any atom is 0.272 e.